The van der Waals surface area contributed by atoms with E-state index >= 15 is 0 Å². The van der Waals surface area contributed by atoms with Crippen molar-refractivity contribution in [1.82, 2.24) is 10.2 Å². The van der Waals surface area contributed by atoms with Crippen LogP contribution in [0.1, 0.15) is 24.0 Å². The number of likely N-dealkylation sites (N-methyl/N-ethyl adjacent to an activating group) is 1. The Hall–Kier alpha value is -1.06. The Morgan fingerprint density at radius 2 is 2.37 bits per heavy atom. The third-order valence-electron chi connectivity index (χ3n) is 4.38. The van der Waals surface area contributed by atoms with Crippen LogP contribution in [-0.4, -0.2) is 44.2 Å². The Labute approximate surface area is 115 Å². The lowest BCUT2D eigenvalue weighted by Gasteiger charge is -2.32. The molecule has 3 nitrogen and oxygen atoms in total. The molecule has 0 amide bonds. The zero-order valence-corrected chi connectivity index (χ0v) is 11.8. The first-order chi connectivity index (χ1) is 9.35. The van der Waals surface area contributed by atoms with Gasteiger partial charge in [-0.2, -0.15) is 0 Å². The Balaban J connectivity index is 1.54. The van der Waals surface area contributed by atoms with E-state index < -0.39 is 0 Å². The fourth-order valence-corrected chi connectivity index (χ4v) is 3.18. The molecule has 2 aliphatic rings. The Bertz CT molecular complexity index is 433. The number of ether oxygens (including phenoxy) is 1. The van der Waals surface area contributed by atoms with Gasteiger partial charge in [0.2, 0.25) is 0 Å². The van der Waals surface area contributed by atoms with Crippen molar-refractivity contribution in [2.75, 3.05) is 33.3 Å². The zero-order chi connectivity index (χ0) is 13.1. The van der Waals surface area contributed by atoms with Crippen molar-refractivity contribution in [3.63, 3.8) is 0 Å². The minimum atomic E-state index is 0.683. The molecule has 1 saturated heterocycles. The van der Waals surface area contributed by atoms with Gasteiger partial charge in [0.1, 0.15) is 5.75 Å². The average molecular weight is 260 g/mol. The molecule has 2 heterocycles. The Morgan fingerprint density at radius 1 is 1.42 bits per heavy atom. The van der Waals surface area contributed by atoms with Crippen LogP contribution in [0.4, 0.5) is 0 Å². The minimum Gasteiger partial charge on any atom is -0.493 e. The second-order valence-electron chi connectivity index (χ2n) is 5.72. The van der Waals surface area contributed by atoms with Crippen LogP contribution >= 0.6 is 0 Å². The van der Waals surface area contributed by atoms with Crippen molar-refractivity contribution >= 4 is 0 Å². The number of hydrogen-bond acceptors (Lipinski definition) is 3. The quantitative estimate of drug-likeness (QED) is 0.894. The first kappa shape index (κ1) is 12.9. The summed E-state index contributed by atoms with van der Waals surface area (Å²) in [4.78, 5) is 2.59. The molecule has 0 saturated carbocycles. The lowest BCUT2D eigenvalue weighted by atomic mass is 10.0. The summed E-state index contributed by atoms with van der Waals surface area (Å²) in [7, 11) is 2.08. The first-order valence-corrected chi connectivity index (χ1v) is 7.49. The molecule has 0 radical (unpaired) electrons. The maximum absolute atomic E-state index is 5.56. The molecule has 3 heteroatoms. The second-order valence-corrected chi connectivity index (χ2v) is 5.72. The fraction of sp³-hybridized carbons (Fsp3) is 0.625. The van der Waals surface area contributed by atoms with Crippen LogP contribution in [-0.2, 0) is 12.8 Å². The predicted octanol–water partition coefficient (Wildman–Crippen LogP) is 1.85. The maximum Gasteiger partial charge on any atom is 0.122 e. The summed E-state index contributed by atoms with van der Waals surface area (Å²) in [6, 6.07) is 7.39. The Kier molecular flexibility index (Phi) is 4.04. The van der Waals surface area contributed by atoms with Crippen molar-refractivity contribution in [3.05, 3.63) is 29.3 Å². The van der Waals surface area contributed by atoms with E-state index in [1.54, 1.807) is 0 Å². The molecule has 1 aromatic carbocycles. The molecule has 0 aromatic heterocycles. The molecule has 1 aromatic rings. The van der Waals surface area contributed by atoms with E-state index in [1.165, 1.54) is 43.6 Å². The number of piperidine rings is 1. The van der Waals surface area contributed by atoms with E-state index in [0.29, 0.717) is 6.04 Å². The van der Waals surface area contributed by atoms with Gasteiger partial charge >= 0.3 is 0 Å². The number of rotatable bonds is 4. The van der Waals surface area contributed by atoms with Crippen LogP contribution in [0.15, 0.2) is 18.2 Å². The fourth-order valence-electron chi connectivity index (χ4n) is 3.18. The van der Waals surface area contributed by atoms with Gasteiger partial charge in [0.15, 0.2) is 0 Å². The summed E-state index contributed by atoms with van der Waals surface area (Å²) in [6.07, 6.45) is 4.88. The molecule has 19 heavy (non-hydrogen) atoms. The molecule has 3 rings (SSSR count). The normalized spacial score (nSPS) is 23.1. The molecule has 1 unspecified atom stereocenters. The third-order valence-corrected chi connectivity index (χ3v) is 4.38. The van der Waals surface area contributed by atoms with Crippen LogP contribution in [0.3, 0.4) is 0 Å². The van der Waals surface area contributed by atoms with Crippen molar-refractivity contribution in [2.24, 2.45) is 0 Å². The van der Waals surface area contributed by atoms with E-state index in [0.717, 1.165) is 25.2 Å². The van der Waals surface area contributed by atoms with Gasteiger partial charge in [-0.3, -0.25) is 0 Å². The van der Waals surface area contributed by atoms with Gasteiger partial charge in [0, 0.05) is 25.6 Å². The molecular formula is C16H24N2O. The molecule has 1 fully saturated rings. The number of benzene rings is 1. The summed E-state index contributed by atoms with van der Waals surface area (Å²) < 4.78 is 5.56. The number of nitrogens with zero attached hydrogens (tertiary/aromatic N) is 1. The highest BCUT2D eigenvalue weighted by Crippen LogP contribution is 2.26. The summed E-state index contributed by atoms with van der Waals surface area (Å²) in [5.41, 5.74) is 2.85. The van der Waals surface area contributed by atoms with Crippen molar-refractivity contribution < 1.29 is 4.74 Å². The molecular weight excluding hydrogens is 236 g/mol. The SMILES string of the molecule is CNC1CCCN(CCc2ccc3c(c2)CCO3)C1. The molecule has 0 bridgehead atoms. The summed E-state index contributed by atoms with van der Waals surface area (Å²) >= 11 is 0. The second kappa shape index (κ2) is 5.93. The highest BCUT2D eigenvalue weighted by molar-refractivity contribution is 5.39. The van der Waals surface area contributed by atoms with E-state index in [4.69, 9.17) is 4.74 Å². The average Bonchev–Trinajstić information content (AvgIpc) is 2.93. The highest BCUT2D eigenvalue weighted by Gasteiger charge is 2.18. The zero-order valence-electron chi connectivity index (χ0n) is 11.8. The summed E-state index contributed by atoms with van der Waals surface area (Å²) in [5.74, 6) is 1.09. The van der Waals surface area contributed by atoms with Crippen LogP contribution in [0.5, 0.6) is 5.75 Å². The molecule has 2 aliphatic heterocycles. The van der Waals surface area contributed by atoms with Crippen LogP contribution < -0.4 is 10.1 Å². The summed E-state index contributed by atoms with van der Waals surface area (Å²) in [5, 5.41) is 3.41. The molecule has 104 valence electrons. The number of hydrogen-bond donors (Lipinski definition) is 1. The summed E-state index contributed by atoms with van der Waals surface area (Å²) in [6.45, 7) is 4.49. The van der Waals surface area contributed by atoms with Gasteiger partial charge < -0.3 is 15.0 Å². The smallest absolute Gasteiger partial charge is 0.122 e. The predicted molar refractivity (Wildman–Crippen MR) is 77.9 cm³/mol. The van der Waals surface area contributed by atoms with Gasteiger partial charge in [-0.05, 0) is 50.0 Å². The van der Waals surface area contributed by atoms with Gasteiger partial charge in [-0.15, -0.1) is 0 Å². The largest absolute Gasteiger partial charge is 0.493 e. The first-order valence-electron chi connectivity index (χ1n) is 7.49. The van der Waals surface area contributed by atoms with Gasteiger partial charge in [0.05, 0.1) is 6.61 Å². The van der Waals surface area contributed by atoms with Gasteiger partial charge in [-0.25, -0.2) is 0 Å². The van der Waals surface area contributed by atoms with Crippen molar-refractivity contribution in [2.45, 2.75) is 31.7 Å². The van der Waals surface area contributed by atoms with Crippen LogP contribution in [0.2, 0.25) is 0 Å². The van der Waals surface area contributed by atoms with Crippen LogP contribution in [0, 0.1) is 0 Å². The van der Waals surface area contributed by atoms with Crippen molar-refractivity contribution in [1.29, 1.82) is 0 Å². The molecule has 0 spiro atoms. The van der Waals surface area contributed by atoms with E-state index in [1.807, 2.05) is 0 Å². The molecule has 1 atom stereocenters. The van der Waals surface area contributed by atoms with Gasteiger partial charge in [-0.1, -0.05) is 12.1 Å². The monoisotopic (exact) mass is 260 g/mol. The standard InChI is InChI=1S/C16H24N2O/c1-17-15-3-2-8-18(12-15)9-6-13-4-5-16-14(11-13)7-10-19-16/h4-5,11,15,17H,2-3,6-10,12H2,1H3. The number of likely N-dealkylation sites (tertiary alicyclic amines) is 1. The lowest BCUT2D eigenvalue weighted by Crippen LogP contribution is -2.44. The minimum absolute atomic E-state index is 0.683. The topological polar surface area (TPSA) is 24.5 Å². The van der Waals surface area contributed by atoms with E-state index in [9.17, 15) is 0 Å². The molecule has 1 N–H and O–H groups in total. The lowest BCUT2D eigenvalue weighted by molar-refractivity contribution is 0.197. The van der Waals surface area contributed by atoms with Crippen LogP contribution in [0.25, 0.3) is 0 Å². The number of nitrogens with one attached hydrogen (secondary N) is 1. The van der Waals surface area contributed by atoms with Gasteiger partial charge in [0.25, 0.3) is 0 Å². The third kappa shape index (κ3) is 3.10. The number of fused-ring (bicyclic) bond motifs is 1. The molecule has 0 aliphatic carbocycles. The van der Waals surface area contributed by atoms with E-state index in [-0.39, 0.29) is 0 Å². The Morgan fingerprint density at radius 3 is 3.26 bits per heavy atom. The van der Waals surface area contributed by atoms with Crippen molar-refractivity contribution in [3.8, 4) is 5.75 Å². The highest BCUT2D eigenvalue weighted by atomic mass is 16.5. The maximum atomic E-state index is 5.56. The van der Waals surface area contributed by atoms with E-state index in [2.05, 4.69) is 35.5 Å².